The quantitative estimate of drug-likeness (QED) is 0.238. The van der Waals surface area contributed by atoms with Crippen LogP contribution in [0.1, 0.15) is 113 Å². The van der Waals surface area contributed by atoms with Crippen LogP contribution in [0.25, 0.3) is 0 Å². The average molecular weight is 500 g/mol. The highest BCUT2D eigenvalue weighted by atomic mass is 16.5. The Morgan fingerprint density at radius 1 is 1.06 bits per heavy atom. The van der Waals surface area contributed by atoms with E-state index in [1.54, 1.807) is 18.1 Å². The maximum Gasteiger partial charge on any atom is 0.330 e. The highest BCUT2D eigenvalue weighted by Gasteiger charge is 2.64. The summed E-state index contributed by atoms with van der Waals surface area (Å²) in [6.45, 7) is 15.1. The van der Waals surface area contributed by atoms with Crippen molar-refractivity contribution >= 4 is 11.9 Å². The van der Waals surface area contributed by atoms with Crippen molar-refractivity contribution < 1.29 is 19.4 Å². The molecule has 5 nitrogen and oxygen atoms in total. The van der Waals surface area contributed by atoms with Crippen LogP contribution in [0.2, 0.25) is 0 Å². The van der Waals surface area contributed by atoms with Crippen molar-refractivity contribution in [1.82, 2.24) is 0 Å². The summed E-state index contributed by atoms with van der Waals surface area (Å²) in [5, 5.41) is 9.17. The third-order valence-corrected chi connectivity index (χ3v) is 11.7. The maximum absolute atomic E-state index is 11.8. The van der Waals surface area contributed by atoms with Gasteiger partial charge >= 0.3 is 11.9 Å². The van der Waals surface area contributed by atoms with Gasteiger partial charge in [-0.05, 0) is 94.3 Å². The van der Waals surface area contributed by atoms with Crippen LogP contribution in [-0.4, -0.2) is 28.7 Å². The Kier molecular flexibility index (Phi) is 7.07. The fourth-order valence-corrected chi connectivity index (χ4v) is 9.53. The molecule has 0 aromatic carbocycles. The molecule has 0 aliphatic heterocycles. The van der Waals surface area contributed by atoms with Gasteiger partial charge in [-0.1, -0.05) is 51.8 Å². The molecule has 4 aliphatic rings. The van der Waals surface area contributed by atoms with Gasteiger partial charge in [0.1, 0.15) is 6.10 Å². The molecule has 0 radical (unpaired) electrons. The van der Waals surface area contributed by atoms with Crippen LogP contribution in [0.3, 0.4) is 0 Å². The predicted octanol–water partition coefficient (Wildman–Crippen LogP) is 6.81. The van der Waals surface area contributed by atoms with Gasteiger partial charge in [0, 0.05) is 28.9 Å². The summed E-state index contributed by atoms with van der Waals surface area (Å²) in [4.78, 5) is 23.0. The summed E-state index contributed by atoms with van der Waals surface area (Å²) in [7, 11) is 0. The van der Waals surface area contributed by atoms with Crippen molar-refractivity contribution in [3.8, 4) is 0 Å². The topological polar surface area (TPSA) is 89.6 Å². The fraction of sp³-hybridized carbons (Fsp3) is 0.806. The molecule has 0 aromatic rings. The van der Waals surface area contributed by atoms with Gasteiger partial charge in [-0.2, -0.15) is 0 Å². The Bertz CT molecular complexity index is 979. The van der Waals surface area contributed by atoms with E-state index in [1.807, 2.05) is 6.08 Å². The van der Waals surface area contributed by atoms with E-state index >= 15 is 0 Å². The summed E-state index contributed by atoms with van der Waals surface area (Å²) < 4.78 is 5.83. The number of rotatable bonds is 6. The number of hydrogen-bond donors (Lipinski definition) is 2. The number of ether oxygens (including phenoxy) is 1. The molecule has 0 bridgehead atoms. The molecule has 202 valence electrons. The molecule has 0 amide bonds. The fourth-order valence-electron chi connectivity index (χ4n) is 9.53. The first-order chi connectivity index (χ1) is 16.7. The summed E-state index contributed by atoms with van der Waals surface area (Å²) >= 11 is 0. The molecule has 4 rings (SSSR count). The SMILES string of the molecule is CC(=O)O[C@@H]1CC[C@]2(C)C3=C(CCC2C1(C)C)[C@@]1(C)CC[C@@H](C(C)CC/C=C(/C)C(=O)O)[C@]1(N)CC3. The molecule has 2 unspecified atom stereocenters. The van der Waals surface area contributed by atoms with Crippen molar-refractivity contribution in [2.24, 2.45) is 39.7 Å². The van der Waals surface area contributed by atoms with Gasteiger partial charge in [0.25, 0.3) is 0 Å². The van der Waals surface area contributed by atoms with E-state index in [-0.39, 0.29) is 33.9 Å². The largest absolute Gasteiger partial charge is 0.478 e. The third-order valence-electron chi connectivity index (χ3n) is 11.7. The summed E-state index contributed by atoms with van der Waals surface area (Å²) in [5.41, 5.74) is 11.2. The number of carboxylic acids is 1. The molecule has 2 fully saturated rings. The van der Waals surface area contributed by atoms with Crippen molar-refractivity contribution in [3.05, 3.63) is 22.8 Å². The van der Waals surface area contributed by atoms with E-state index in [2.05, 4.69) is 34.6 Å². The molecule has 0 spiro atoms. The molecule has 0 heterocycles. The predicted molar refractivity (Wildman–Crippen MR) is 143 cm³/mol. The van der Waals surface area contributed by atoms with Crippen LogP contribution < -0.4 is 5.73 Å². The number of aliphatic carboxylic acids is 1. The second-order valence-electron chi connectivity index (χ2n) is 13.7. The van der Waals surface area contributed by atoms with Gasteiger partial charge < -0.3 is 15.6 Å². The zero-order valence-electron chi connectivity index (χ0n) is 23.7. The van der Waals surface area contributed by atoms with Gasteiger partial charge in [-0.25, -0.2) is 4.79 Å². The highest BCUT2D eigenvalue weighted by Crippen LogP contribution is 2.69. The summed E-state index contributed by atoms with van der Waals surface area (Å²) in [5.74, 6) is 0.465. The maximum atomic E-state index is 11.8. The molecule has 0 aromatic heterocycles. The van der Waals surface area contributed by atoms with Gasteiger partial charge in [0.15, 0.2) is 0 Å². The van der Waals surface area contributed by atoms with Gasteiger partial charge in [-0.15, -0.1) is 0 Å². The van der Waals surface area contributed by atoms with E-state index in [9.17, 15) is 14.7 Å². The van der Waals surface area contributed by atoms with Gasteiger partial charge in [-0.3, -0.25) is 4.79 Å². The molecule has 3 N–H and O–H groups in total. The minimum atomic E-state index is -0.827. The van der Waals surface area contributed by atoms with Gasteiger partial charge in [0.05, 0.1) is 0 Å². The van der Waals surface area contributed by atoms with Crippen LogP contribution in [-0.2, 0) is 14.3 Å². The Morgan fingerprint density at radius 2 is 1.75 bits per heavy atom. The number of esters is 1. The Morgan fingerprint density at radius 3 is 2.39 bits per heavy atom. The number of nitrogens with two attached hydrogens (primary N) is 1. The number of carbonyl (C=O) groups excluding carboxylic acids is 1. The number of fused-ring (bicyclic) bond motifs is 4. The minimum Gasteiger partial charge on any atom is -0.478 e. The number of carbonyl (C=O) groups is 2. The number of carboxylic acid groups (broad SMARTS) is 1. The molecule has 2 saturated carbocycles. The number of allylic oxidation sites excluding steroid dienone is 2. The van der Waals surface area contributed by atoms with Crippen LogP contribution in [0, 0.1) is 34.0 Å². The molecule has 36 heavy (non-hydrogen) atoms. The molecular weight excluding hydrogens is 450 g/mol. The molecule has 5 heteroatoms. The molecule has 0 saturated heterocycles. The average Bonchev–Trinajstić information content (AvgIpc) is 3.07. The van der Waals surface area contributed by atoms with Crippen LogP contribution in [0.5, 0.6) is 0 Å². The number of hydrogen-bond acceptors (Lipinski definition) is 4. The first-order valence-corrected chi connectivity index (χ1v) is 14.3. The minimum absolute atomic E-state index is 0.00137. The van der Waals surface area contributed by atoms with E-state index in [0.29, 0.717) is 23.3 Å². The van der Waals surface area contributed by atoms with E-state index in [0.717, 1.165) is 64.2 Å². The highest BCUT2D eigenvalue weighted by molar-refractivity contribution is 5.85. The summed E-state index contributed by atoms with van der Waals surface area (Å²) in [6.07, 6.45) is 12.4. The van der Waals surface area contributed by atoms with Crippen LogP contribution in [0.4, 0.5) is 0 Å². The van der Waals surface area contributed by atoms with Crippen LogP contribution in [0.15, 0.2) is 22.8 Å². The van der Waals surface area contributed by atoms with E-state index in [4.69, 9.17) is 10.5 Å². The van der Waals surface area contributed by atoms with E-state index in [1.165, 1.54) is 6.92 Å². The van der Waals surface area contributed by atoms with E-state index < -0.39 is 5.97 Å². The van der Waals surface area contributed by atoms with Crippen molar-refractivity contribution in [2.75, 3.05) is 0 Å². The standard InChI is InChI=1S/C31H49NO4/c1-19(9-8-10-20(2)27(34)35)22-13-17-30(7)24-11-12-25-28(4,5)26(36-21(3)33)15-16-29(25,6)23(24)14-18-31(22,30)32/h10,19,22,25-26H,8-9,11-18,32H2,1-7H3,(H,34,35)/b20-10-/t19?,22-,25?,26+,29+,30+,31+/m0/s1. The van der Waals surface area contributed by atoms with Crippen molar-refractivity contribution in [3.63, 3.8) is 0 Å². The first kappa shape index (κ1) is 27.4. The summed E-state index contributed by atoms with van der Waals surface area (Å²) in [6, 6.07) is 0. The first-order valence-electron chi connectivity index (χ1n) is 14.3. The Labute approximate surface area is 218 Å². The molecule has 7 atom stereocenters. The Hall–Kier alpha value is -1.62. The normalized spacial score (nSPS) is 40.7. The van der Waals surface area contributed by atoms with Gasteiger partial charge in [0.2, 0.25) is 0 Å². The van der Waals surface area contributed by atoms with Crippen LogP contribution >= 0.6 is 0 Å². The zero-order valence-corrected chi connectivity index (χ0v) is 23.7. The second-order valence-corrected chi connectivity index (χ2v) is 13.7. The zero-order chi connectivity index (χ0) is 26.7. The Balaban J connectivity index is 1.59. The lowest BCUT2D eigenvalue weighted by Crippen LogP contribution is -2.61. The lowest BCUT2D eigenvalue weighted by Gasteiger charge is -2.62. The second kappa shape index (κ2) is 9.29. The monoisotopic (exact) mass is 499 g/mol. The lowest BCUT2D eigenvalue weighted by atomic mass is 9.44. The molecule has 4 aliphatic carbocycles. The molecular formula is C31H49NO4. The lowest BCUT2D eigenvalue weighted by molar-refractivity contribution is -0.167. The third kappa shape index (κ3) is 4.08. The van der Waals surface area contributed by atoms with Crippen molar-refractivity contribution in [2.45, 2.75) is 124 Å². The smallest absolute Gasteiger partial charge is 0.330 e. The van der Waals surface area contributed by atoms with Crippen molar-refractivity contribution in [1.29, 1.82) is 0 Å².